The van der Waals surface area contributed by atoms with Gasteiger partial charge in [-0.1, -0.05) is 11.6 Å². The Balaban J connectivity index is 2.63. The van der Waals surface area contributed by atoms with Gasteiger partial charge in [0, 0.05) is 16.8 Å². The number of nitrogen functional groups attached to an aromatic ring is 1. The molecule has 1 aliphatic carbocycles. The van der Waals surface area contributed by atoms with Gasteiger partial charge in [-0.25, -0.2) is 0 Å². The molecule has 1 atom stereocenters. The van der Waals surface area contributed by atoms with Crippen molar-refractivity contribution in [3.8, 4) is 0 Å². The van der Waals surface area contributed by atoms with Gasteiger partial charge in [0.05, 0.1) is 0 Å². The molecule has 2 nitrogen and oxygen atoms in total. The van der Waals surface area contributed by atoms with E-state index in [0.29, 0.717) is 0 Å². The van der Waals surface area contributed by atoms with E-state index in [-0.39, 0.29) is 6.04 Å². The number of halogens is 1. The van der Waals surface area contributed by atoms with E-state index in [4.69, 9.17) is 23.1 Å². The van der Waals surface area contributed by atoms with Crippen molar-refractivity contribution in [2.75, 3.05) is 5.73 Å². The van der Waals surface area contributed by atoms with E-state index >= 15 is 0 Å². The first-order chi connectivity index (χ1) is 6.61. The second-order valence-electron chi connectivity index (χ2n) is 3.97. The number of hydrogen-bond acceptors (Lipinski definition) is 2. The fourth-order valence-corrected chi connectivity index (χ4v) is 2.39. The van der Waals surface area contributed by atoms with Crippen LogP contribution in [0.2, 0.25) is 5.02 Å². The third kappa shape index (κ3) is 1.39. The zero-order valence-electron chi connectivity index (χ0n) is 8.31. The third-order valence-corrected chi connectivity index (χ3v) is 3.54. The lowest BCUT2D eigenvalue weighted by atomic mass is 9.86. The summed E-state index contributed by atoms with van der Waals surface area (Å²) in [6.45, 7) is 1.96. The Labute approximate surface area is 89.2 Å². The van der Waals surface area contributed by atoms with Crippen molar-refractivity contribution in [2.24, 2.45) is 5.73 Å². The maximum atomic E-state index is 6.25. The second kappa shape index (κ2) is 3.44. The first-order valence-electron chi connectivity index (χ1n) is 4.94. The molecule has 3 heteroatoms. The summed E-state index contributed by atoms with van der Waals surface area (Å²) < 4.78 is 0. The molecule has 1 aliphatic rings. The molecule has 0 saturated heterocycles. The highest BCUT2D eigenvalue weighted by atomic mass is 35.5. The Hall–Kier alpha value is -0.730. The Bertz CT molecular complexity index is 374. The lowest BCUT2D eigenvalue weighted by molar-refractivity contribution is 0.570. The smallest absolute Gasteiger partial charge is 0.0491 e. The van der Waals surface area contributed by atoms with Crippen LogP contribution in [0.4, 0.5) is 5.69 Å². The van der Waals surface area contributed by atoms with E-state index < -0.39 is 0 Å². The van der Waals surface area contributed by atoms with Crippen LogP contribution in [0, 0.1) is 6.92 Å². The first kappa shape index (κ1) is 9.81. The predicted octanol–water partition coefficient (Wildman–Crippen LogP) is 2.57. The normalized spacial score (nSPS) is 20.6. The van der Waals surface area contributed by atoms with Gasteiger partial charge < -0.3 is 11.5 Å². The zero-order valence-corrected chi connectivity index (χ0v) is 9.06. The lowest BCUT2D eigenvalue weighted by Gasteiger charge is -2.24. The standard InChI is InChI=1S/C11H15ClN2/c1-6-10(14)5-8-7(11(6)12)3-2-4-9(8)13/h5,9H,2-4,13-14H2,1H3/t9-/m0/s1. The summed E-state index contributed by atoms with van der Waals surface area (Å²) in [5, 5.41) is 0.815. The average Bonchev–Trinajstić information content (AvgIpc) is 2.17. The van der Waals surface area contributed by atoms with Gasteiger partial charge in [0.15, 0.2) is 0 Å². The van der Waals surface area contributed by atoms with Crippen LogP contribution in [0.15, 0.2) is 6.07 Å². The zero-order chi connectivity index (χ0) is 10.3. The largest absolute Gasteiger partial charge is 0.398 e. The molecular formula is C11H15ClN2. The van der Waals surface area contributed by atoms with E-state index in [1.165, 1.54) is 5.56 Å². The SMILES string of the molecule is Cc1c(N)cc2c(c1Cl)CCC[C@@H]2N. The molecule has 0 radical (unpaired) electrons. The molecule has 2 rings (SSSR count). The summed E-state index contributed by atoms with van der Waals surface area (Å²) >= 11 is 6.25. The fourth-order valence-electron chi connectivity index (χ4n) is 2.08. The van der Waals surface area contributed by atoms with Gasteiger partial charge in [-0.15, -0.1) is 0 Å². The summed E-state index contributed by atoms with van der Waals surface area (Å²) in [5.41, 5.74) is 16.0. The monoisotopic (exact) mass is 210 g/mol. The van der Waals surface area contributed by atoms with Crippen LogP contribution in [0.25, 0.3) is 0 Å². The van der Waals surface area contributed by atoms with Gasteiger partial charge in [0.25, 0.3) is 0 Å². The Kier molecular flexibility index (Phi) is 2.41. The minimum Gasteiger partial charge on any atom is -0.398 e. The predicted molar refractivity (Wildman–Crippen MR) is 60.5 cm³/mol. The van der Waals surface area contributed by atoms with E-state index in [1.54, 1.807) is 0 Å². The molecule has 0 heterocycles. The average molecular weight is 211 g/mol. The van der Waals surface area contributed by atoms with Gasteiger partial charge in [-0.2, -0.15) is 0 Å². The Morgan fingerprint density at radius 3 is 2.93 bits per heavy atom. The molecule has 1 aromatic carbocycles. The third-order valence-electron chi connectivity index (χ3n) is 3.03. The van der Waals surface area contributed by atoms with Crippen LogP contribution >= 0.6 is 11.6 Å². The summed E-state index contributed by atoms with van der Waals surface area (Å²) in [6.07, 6.45) is 3.19. The Morgan fingerprint density at radius 1 is 1.50 bits per heavy atom. The van der Waals surface area contributed by atoms with Crippen LogP contribution in [-0.4, -0.2) is 0 Å². The number of fused-ring (bicyclic) bond motifs is 1. The molecule has 0 spiro atoms. The van der Waals surface area contributed by atoms with Crippen LogP contribution in [0.3, 0.4) is 0 Å². The molecule has 0 amide bonds. The Morgan fingerprint density at radius 2 is 2.21 bits per heavy atom. The minimum atomic E-state index is 0.110. The van der Waals surface area contributed by atoms with Gasteiger partial charge in [-0.05, 0) is 48.9 Å². The van der Waals surface area contributed by atoms with E-state index in [9.17, 15) is 0 Å². The first-order valence-corrected chi connectivity index (χ1v) is 5.32. The summed E-state index contributed by atoms with van der Waals surface area (Å²) in [7, 11) is 0. The maximum absolute atomic E-state index is 6.25. The molecule has 0 saturated carbocycles. The molecule has 0 aliphatic heterocycles. The van der Waals surface area contributed by atoms with Crippen LogP contribution < -0.4 is 11.5 Å². The number of nitrogens with two attached hydrogens (primary N) is 2. The van der Waals surface area contributed by atoms with Crippen LogP contribution in [-0.2, 0) is 6.42 Å². The molecule has 1 aromatic rings. The molecule has 0 aromatic heterocycles. The van der Waals surface area contributed by atoms with Gasteiger partial charge in [0.1, 0.15) is 0 Å². The van der Waals surface area contributed by atoms with Crippen molar-refractivity contribution in [2.45, 2.75) is 32.2 Å². The summed E-state index contributed by atoms with van der Waals surface area (Å²) in [6, 6.07) is 2.10. The van der Waals surface area contributed by atoms with E-state index in [2.05, 4.69) is 0 Å². The molecule has 0 fully saturated rings. The fraction of sp³-hybridized carbons (Fsp3) is 0.455. The van der Waals surface area contributed by atoms with E-state index in [0.717, 1.165) is 41.1 Å². The highest BCUT2D eigenvalue weighted by Gasteiger charge is 2.21. The molecule has 0 unspecified atom stereocenters. The maximum Gasteiger partial charge on any atom is 0.0491 e. The van der Waals surface area contributed by atoms with Gasteiger partial charge in [-0.3, -0.25) is 0 Å². The van der Waals surface area contributed by atoms with Crippen LogP contribution in [0.1, 0.15) is 35.6 Å². The lowest BCUT2D eigenvalue weighted by Crippen LogP contribution is -2.18. The number of hydrogen-bond donors (Lipinski definition) is 2. The molecule has 76 valence electrons. The van der Waals surface area contributed by atoms with Gasteiger partial charge >= 0.3 is 0 Å². The van der Waals surface area contributed by atoms with Gasteiger partial charge in [0.2, 0.25) is 0 Å². The minimum absolute atomic E-state index is 0.110. The number of rotatable bonds is 0. The van der Waals surface area contributed by atoms with Crippen LogP contribution in [0.5, 0.6) is 0 Å². The molecule has 0 bridgehead atoms. The summed E-state index contributed by atoms with van der Waals surface area (Å²) in [5.74, 6) is 0. The van der Waals surface area contributed by atoms with Crippen molar-refractivity contribution in [3.63, 3.8) is 0 Å². The highest BCUT2D eigenvalue weighted by molar-refractivity contribution is 6.32. The molecule has 4 N–H and O–H groups in total. The highest BCUT2D eigenvalue weighted by Crippen LogP contribution is 2.37. The van der Waals surface area contributed by atoms with Crippen molar-refractivity contribution in [1.29, 1.82) is 0 Å². The molecular weight excluding hydrogens is 196 g/mol. The second-order valence-corrected chi connectivity index (χ2v) is 4.35. The van der Waals surface area contributed by atoms with E-state index in [1.807, 2.05) is 13.0 Å². The van der Waals surface area contributed by atoms with Crippen molar-refractivity contribution >= 4 is 17.3 Å². The van der Waals surface area contributed by atoms with Crippen molar-refractivity contribution in [3.05, 3.63) is 27.8 Å². The topological polar surface area (TPSA) is 52.0 Å². The number of benzene rings is 1. The number of anilines is 1. The van der Waals surface area contributed by atoms with Crippen molar-refractivity contribution < 1.29 is 0 Å². The van der Waals surface area contributed by atoms with Crippen molar-refractivity contribution in [1.82, 2.24) is 0 Å². The quantitative estimate of drug-likeness (QED) is 0.647. The summed E-state index contributed by atoms with van der Waals surface area (Å²) in [4.78, 5) is 0. The molecule has 14 heavy (non-hydrogen) atoms.